The smallest absolute Gasteiger partial charge is 0.311 e. The van der Waals surface area contributed by atoms with E-state index >= 15 is 0 Å². The highest BCUT2D eigenvalue weighted by atomic mass is 19.4. The van der Waals surface area contributed by atoms with Crippen molar-refractivity contribution in [2.45, 2.75) is 50.6 Å². The fraction of sp³-hybridized carbons (Fsp3) is 0.571. The zero-order chi connectivity index (χ0) is 16.0. The fourth-order valence-electron chi connectivity index (χ4n) is 2.84. The van der Waals surface area contributed by atoms with Crippen LogP contribution in [0.4, 0.5) is 26.3 Å². The molecule has 118 valence electrons. The molecule has 1 aromatic carbocycles. The van der Waals surface area contributed by atoms with Gasteiger partial charge in [0.05, 0.1) is 11.1 Å². The third-order valence-electron chi connectivity index (χ3n) is 3.80. The third-order valence-corrected chi connectivity index (χ3v) is 3.80. The lowest BCUT2D eigenvalue weighted by atomic mass is 9.89. The Labute approximate surface area is 118 Å². The van der Waals surface area contributed by atoms with E-state index in [9.17, 15) is 26.3 Å². The number of hydrogen-bond acceptors (Lipinski definition) is 1. The van der Waals surface area contributed by atoms with Crippen LogP contribution in [0.5, 0.6) is 0 Å². The topological polar surface area (TPSA) is 12.0 Å². The maximum Gasteiger partial charge on any atom is 0.416 e. The molecule has 1 N–H and O–H groups in total. The van der Waals surface area contributed by atoms with E-state index in [1.54, 1.807) is 6.92 Å². The van der Waals surface area contributed by atoms with E-state index in [1.165, 1.54) is 0 Å². The van der Waals surface area contributed by atoms with Gasteiger partial charge in [-0.2, -0.15) is 26.3 Å². The average Bonchev–Trinajstić information content (AvgIpc) is 2.65. The van der Waals surface area contributed by atoms with Crippen LogP contribution in [0.1, 0.15) is 42.9 Å². The van der Waals surface area contributed by atoms with Crippen molar-refractivity contribution in [2.75, 3.05) is 0 Å². The molecule has 21 heavy (non-hydrogen) atoms. The first-order chi connectivity index (χ1) is 9.48. The largest absolute Gasteiger partial charge is 0.416 e. The monoisotopic (exact) mass is 311 g/mol. The summed E-state index contributed by atoms with van der Waals surface area (Å²) in [5, 5.41) is 3.12. The summed E-state index contributed by atoms with van der Waals surface area (Å²) < 4.78 is 76.9. The number of benzene rings is 1. The minimum atomic E-state index is -4.79. The molecule has 0 spiro atoms. The maximum atomic E-state index is 12.8. The van der Waals surface area contributed by atoms with Crippen LogP contribution in [0.15, 0.2) is 18.2 Å². The number of alkyl halides is 6. The molecule has 1 aliphatic rings. The molecule has 0 aromatic heterocycles. The Kier molecular flexibility index (Phi) is 3.99. The lowest BCUT2D eigenvalue weighted by molar-refractivity contribution is -0.143. The van der Waals surface area contributed by atoms with Gasteiger partial charge in [-0.05, 0) is 44.0 Å². The number of halogens is 6. The van der Waals surface area contributed by atoms with Gasteiger partial charge < -0.3 is 5.32 Å². The maximum absolute atomic E-state index is 12.8. The Bertz CT molecular complexity index is 487. The van der Waals surface area contributed by atoms with Gasteiger partial charge in [0.15, 0.2) is 0 Å². The molecule has 0 amide bonds. The molecule has 0 bridgehead atoms. The Morgan fingerprint density at radius 2 is 1.38 bits per heavy atom. The first-order valence-corrected chi connectivity index (χ1v) is 6.54. The van der Waals surface area contributed by atoms with Crippen molar-refractivity contribution in [3.05, 3.63) is 34.9 Å². The summed E-state index contributed by atoms with van der Waals surface area (Å²) in [6, 6.07) is 1.73. The van der Waals surface area contributed by atoms with E-state index < -0.39 is 23.5 Å². The highest BCUT2D eigenvalue weighted by Crippen LogP contribution is 2.40. The second-order valence-electron chi connectivity index (χ2n) is 5.54. The van der Waals surface area contributed by atoms with Gasteiger partial charge in [-0.3, -0.25) is 0 Å². The van der Waals surface area contributed by atoms with Crippen LogP contribution in [-0.2, 0) is 12.4 Å². The summed E-state index contributed by atoms with van der Waals surface area (Å²) in [7, 11) is 0. The van der Waals surface area contributed by atoms with Gasteiger partial charge in [0.2, 0.25) is 0 Å². The van der Waals surface area contributed by atoms with Crippen LogP contribution in [0.3, 0.4) is 0 Å². The third kappa shape index (κ3) is 3.51. The first-order valence-electron chi connectivity index (χ1n) is 6.54. The van der Waals surface area contributed by atoms with Crippen LogP contribution in [-0.4, -0.2) is 12.1 Å². The molecule has 1 aromatic rings. The second-order valence-corrected chi connectivity index (χ2v) is 5.54. The molecule has 1 heterocycles. The summed E-state index contributed by atoms with van der Waals surface area (Å²) >= 11 is 0. The molecule has 7 heteroatoms. The van der Waals surface area contributed by atoms with E-state index in [-0.39, 0.29) is 29.6 Å². The van der Waals surface area contributed by atoms with E-state index in [1.807, 2.05) is 6.92 Å². The first kappa shape index (κ1) is 16.1. The van der Waals surface area contributed by atoms with Gasteiger partial charge in [-0.15, -0.1) is 0 Å². The molecule has 3 unspecified atom stereocenters. The summed E-state index contributed by atoms with van der Waals surface area (Å²) in [6.07, 6.45) is -9.08. The average molecular weight is 311 g/mol. The highest BCUT2D eigenvalue weighted by Gasteiger charge is 2.39. The number of hydrogen-bond donors (Lipinski definition) is 1. The van der Waals surface area contributed by atoms with Gasteiger partial charge >= 0.3 is 12.4 Å². The lowest BCUT2D eigenvalue weighted by Gasteiger charge is -2.19. The normalized spacial score (nSPS) is 27.1. The predicted molar refractivity (Wildman–Crippen MR) is 65.9 cm³/mol. The second kappa shape index (κ2) is 5.19. The zero-order valence-corrected chi connectivity index (χ0v) is 11.4. The van der Waals surface area contributed by atoms with E-state index in [0.717, 1.165) is 12.1 Å². The van der Waals surface area contributed by atoms with Crippen LogP contribution < -0.4 is 5.32 Å². The molecule has 3 atom stereocenters. The molecule has 1 saturated heterocycles. The fourth-order valence-corrected chi connectivity index (χ4v) is 2.84. The Balaban J connectivity index is 2.51. The molecular weight excluding hydrogens is 296 g/mol. The highest BCUT2D eigenvalue weighted by molar-refractivity contribution is 5.36. The summed E-state index contributed by atoms with van der Waals surface area (Å²) in [5.74, 6) is -0.358. The van der Waals surface area contributed by atoms with Crippen molar-refractivity contribution in [1.82, 2.24) is 5.32 Å². The molecular formula is C14H15F6N. The van der Waals surface area contributed by atoms with E-state index in [4.69, 9.17) is 0 Å². The molecule has 1 nitrogen and oxygen atoms in total. The van der Waals surface area contributed by atoms with Crippen molar-refractivity contribution in [3.8, 4) is 0 Å². The van der Waals surface area contributed by atoms with Gasteiger partial charge in [-0.25, -0.2) is 0 Å². The molecule has 2 rings (SSSR count). The van der Waals surface area contributed by atoms with Crippen LogP contribution in [0.25, 0.3) is 0 Å². The number of rotatable bonds is 1. The quantitative estimate of drug-likeness (QED) is 0.749. The van der Waals surface area contributed by atoms with Crippen molar-refractivity contribution in [3.63, 3.8) is 0 Å². The molecule has 1 aliphatic heterocycles. The van der Waals surface area contributed by atoms with E-state index in [2.05, 4.69) is 5.32 Å². The molecule has 0 saturated carbocycles. The number of nitrogens with one attached hydrogen (secondary N) is 1. The Morgan fingerprint density at radius 1 is 0.905 bits per heavy atom. The standard InChI is InChI=1S/C14H15F6N/c1-7-3-12(8(2)21-7)9-4-10(13(15,16)17)6-11(5-9)14(18,19)20/h4-8,12,21H,3H2,1-2H3. The van der Waals surface area contributed by atoms with Crippen LogP contribution in [0.2, 0.25) is 0 Å². The Morgan fingerprint density at radius 3 is 1.71 bits per heavy atom. The van der Waals surface area contributed by atoms with Crippen molar-refractivity contribution < 1.29 is 26.3 Å². The van der Waals surface area contributed by atoms with Gasteiger partial charge in [0, 0.05) is 18.0 Å². The Hall–Kier alpha value is -1.24. The van der Waals surface area contributed by atoms with Crippen molar-refractivity contribution in [1.29, 1.82) is 0 Å². The molecule has 0 radical (unpaired) electrons. The lowest BCUT2D eigenvalue weighted by Crippen LogP contribution is -2.26. The van der Waals surface area contributed by atoms with Gasteiger partial charge in [0.25, 0.3) is 0 Å². The SMILES string of the molecule is CC1CC(c2cc(C(F)(F)F)cc(C(F)(F)F)c2)C(C)N1. The summed E-state index contributed by atoms with van der Waals surface area (Å²) in [6.45, 7) is 3.62. The summed E-state index contributed by atoms with van der Waals surface area (Å²) in [4.78, 5) is 0. The predicted octanol–water partition coefficient (Wildman–Crippen LogP) is 4.58. The van der Waals surface area contributed by atoms with Gasteiger partial charge in [-0.1, -0.05) is 0 Å². The van der Waals surface area contributed by atoms with Crippen LogP contribution in [0, 0.1) is 0 Å². The van der Waals surface area contributed by atoms with E-state index in [0.29, 0.717) is 6.42 Å². The van der Waals surface area contributed by atoms with Crippen molar-refractivity contribution >= 4 is 0 Å². The minimum Gasteiger partial charge on any atom is -0.311 e. The van der Waals surface area contributed by atoms with Crippen molar-refractivity contribution in [2.24, 2.45) is 0 Å². The van der Waals surface area contributed by atoms with Gasteiger partial charge in [0.1, 0.15) is 0 Å². The summed E-state index contributed by atoms with van der Waals surface area (Å²) in [5.41, 5.74) is -2.42. The minimum absolute atomic E-state index is 0.0638. The van der Waals surface area contributed by atoms with Crippen LogP contribution >= 0.6 is 0 Å². The zero-order valence-electron chi connectivity index (χ0n) is 11.4. The molecule has 1 fully saturated rings. The molecule has 0 aliphatic carbocycles.